The molecule has 94 valence electrons. The third-order valence-corrected chi connectivity index (χ3v) is 3.22. The third kappa shape index (κ3) is 7.73. The van der Waals surface area contributed by atoms with Gasteiger partial charge in [-0.15, -0.1) is 0 Å². The SMILES string of the molecule is CC/C(C)=C(\C)CC/C(C)=C/CC(C)(C)C. The minimum absolute atomic E-state index is 0.422. The standard InChI is InChI=1S/C16H30/c1-8-14(3)15(4)10-9-13(2)11-12-16(5,6)7/h11H,8-10,12H2,1-7H3/b13-11+,15-14+. The fourth-order valence-corrected chi connectivity index (χ4v) is 1.48. The molecule has 16 heavy (non-hydrogen) atoms. The van der Waals surface area contributed by atoms with Gasteiger partial charge in [0.15, 0.2) is 0 Å². The molecule has 0 unspecified atom stereocenters. The number of hydrogen-bond donors (Lipinski definition) is 0. The lowest BCUT2D eigenvalue weighted by Gasteiger charge is -2.15. The topological polar surface area (TPSA) is 0 Å². The highest BCUT2D eigenvalue weighted by Crippen LogP contribution is 2.22. The van der Waals surface area contributed by atoms with E-state index in [9.17, 15) is 0 Å². The van der Waals surface area contributed by atoms with Crippen LogP contribution in [0.25, 0.3) is 0 Å². The average molecular weight is 222 g/mol. The van der Waals surface area contributed by atoms with Crippen LogP contribution in [0.3, 0.4) is 0 Å². The van der Waals surface area contributed by atoms with Gasteiger partial charge in [0.2, 0.25) is 0 Å². The van der Waals surface area contributed by atoms with Crippen molar-refractivity contribution in [1.29, 1.82) is 0 Å². The Morgan fingerprint density at radius 2 is 1.50 bits per heavy atom. The van der Waals surface area contributed by atoms with E-state index in [2.05, 4.69) is 54.5 Å². The zero-order chi connectivity index (χ0) is 12.8. The van der Waals surface area contributed by atoms with Crippen molar-refractivity contribution >= 4 is 0 Å². The molecule has 0 aromatic heterocycles. The first-order chi connectivity index (χ1) is 7.26. The molecule has 0 heteroatoms. The molecule has 0 atom stereocenters. The van der Waals surface area contributed by atoms with Crippen LogP contribution in [0.5, 0.6) is 0 Å². The van der Waals surface area contributed by atoms with Gasteiger partial charge >= 0.3 is 0 Å². The first kappa shape index (κ1) is 15.5. The van der Waals surface area contributed by atoms with Gasteiger partial charge in [-0.05, 0) is 51.9 Å². The third-order valence-electron chi connectivity index (χ3n) is 3.22. The Bertz CT molecular complexity index is 258. The minimum atomic E-state index is 0.422. The highest BCUT2D eigenvalue weighted by molar-refractivity contribution is 5.11. The van der Waals surface area contributed by atoms with Gasteiger partial charge in [-0.25, -0.2) is 0 Å². The zero-order valence-electron chi connectivity index (χ0n) is 12.4. The zero-order valence-corrected chi connectivity index (χ0v) is 12.4. The molecule has 0 radical (unpaired) electrons. The first-order valence-corrected chi connectivity index (χ1v) is 6.57. The predicted molar refractivity (Wildman–Crippen MR) is 75.7 cm³/mol. The quantitative estimate of drug-likeness (QED) is 0.508. The van der Waals surface area contributed by atoms with E-state index in [0.29, 0.717) is 5.41 Å². The molecular weight excluding hydrogens is 192 g/mol. The minimum Gasteiger partial charge on any atom is -0.0851 e. The van der Waals surface area contributed by atoms with Crippen molar-refractivity contribution in [3.05, 3.63) is 22.8 Å². The van der Waals surface area contributed by atoms with Gasteiger partial charge in [-0.2, -0.15) is 0 Å². The fourth-order valence-electron chi connectivity index (χ4n) is 1.48. The summed E-state index contributed by atoms with van der Waals surface area (Å²) in [6.07, 6.45) is 7.24. The maximum Gasteiger partial charge on any atom is -0.0283 e. The number of hydrogen-bond acceptors (Lipinski definition) is 0. The smallest absolute Gasteiger partial charge is 0.0283 e. The second-order valence-corrected chi connectivity index (χ2v) is 6.23. The Hall–Kier alpha value is -0.520. The molecule has 0 saturated carbocycles. The van der Waals surface area contributed by atoms with Crippen LogP contribution in [0.4, 0.5) is 0 Å². The van der Waals surface area contributed by atoms with Crippen molar-refractivity contribution in [1.82, 2.24) is 0 Å². The Labute approximate surface area is 103 Å². The first-order valence-electron chi connectivity index (χ1n) is 6.57. The monoisotopic (exact) mass is 222 g/mol. The molecule has 0 aromatic rings. The molecular formula is C16H30. The summed E-state index contributed by atoms with van der Waals surface area (Å²) in [5.74, 6) is 0. The average Bonchev–Trinajstić information content (AvgIpc) is 2.20. The Kier molecular flexibility index (Phi) is 6.71. The molecule has 0 N–H and O–H groups in total. The molecule has 0 heterocycles. The van der Waals surface area contributed by atoms with Crippen LogP contribution in [0.2, 0.25) is 0 Å². The molecule has 0 aliphatic heterocycles. The summed E-state index contributed by atoms with van der Waals surface area (Å²) in [5.41, 5.74) is 5.10. The second kappa shape index (κ2) is 6.93. The molecule has 0 nitrogen and oxygen atoms in total. The molecule has 0 bridgehead atoms. The van der Waals surface area contributed by atoms with Crippen molar-refractivity contribution in [3.63, 3.8) is 0 Å². The van der Waals surface area contributed by atoms with Gasteiger partial charge < -0.3 is 0 Å². The number of rotatable bonds is 5. The molecule has 0 amide bonds. The molecule has 0 spiro atoms. The Morgan fingerprint density at radius 1 is 0.938 bits per heavy atom. The summed E-state index contributed by atoms with van der Waals surface area (Å²) in [6.45, 7) is 15.9. The maximum atomic E-state index is 2.41. The van der Waals surface area contributed by atoms with Crippen LogP contribution in [0, 0.1) is 5.41 Å². The van der Waals surface area contributed by atoms with E-state index >= 15 is 0 Å². The lowest BCUT2D eigenvalue weighted by molar-refractivity contribution is 0.419. The van der Waals surface area contributed by atoms with Gasteiger partial charge in [0, 0.05) is 0 Å². The van der Waals surface area contributed by atoms with Crippen LogP contribution in [0.15, 0.2) is 22.8 Å². The van der Waals surface area contributed by atoms with E-state index in [1.54, 1.807) is 11.1 Å². The van der Waals surface area contributed by atoms with E-state index < -0.39 is 0 Å². The molecule has 0 aliphatic rings. The molecule has 0 aliphatic carbocycles. The van der Waals surface area contributed by atoms with Crippen LogP contribution in [-0.4, -0.2) is 0 Å². The molecule has 0 aromatic carbocycles. The van der Waals surface area contributed by atoms with Crippen molar-refractivity contribution in [2.75, 3.05) is 0 Å². The van der Waals surface area contributed by atoms with Crippen molar-refractivity contribution in [3.8, 4) is 0 Å². The summed E-state index contributed by atoms with van der Waals surface area (Å²) in [4.78, 5) is 0. The van der Waals surface area contributed by atoms with Gasteiger partial charge in [-0.3, -0.25) is 0 Å². The Balaban J connectivity index is 4.13. The van der Waals surface area contributed by atoms with E-state index in [1.807, 2.05) is 0 Å². The van der Waals surface area contributed by atoms with Crippen molar-refractivity contribution < 1.29 is 0 Å². The Morgan fingerprint density at radius 3 is 1.94 bits per heavy atom. The van der Waals surface area contributed by atoms with E-state index in [-0.39, 0.29) is 0 Å². The summed E-state index contributed by atoms with van der Waals surface area (Å²) in [5, 5.41) is 0. The molecule has 0 fully saturated rings. The summed E-state index contributed by atoms with van der Waals surface area (Å²) < 4.78 is 0. The van der Waals surface area contributed by atoms with Gasteiger partial charge in [0.1, 0.15) is 0 Å². The largest absolute Gasteiger partial charge is 0.0851 e. The van der Waals surface area contributed by atoms with E-state index in [1.165, 1.54) is 31.3 Å². The normalized spacial score (nSPS) is 15.1. The van der Waals surface area contributed by atoms with Crippen LogP contribution < -0.4 is 0 Å². The maximum absolute atomic E-state index is 2.41. The van der Waals surface area contributed by atoms with Gasteiger partial charge in [0.05, 0.1) is 0 Å². The van der Waals surface area contributed by atoms with E-state index in [0.717, 1.165) is 0 Å². The molecule has 0 rings (SSSR count). The highest BCUT2D eigenvalue weighted by Gasteiger charge is 2.07. The van der Waals surface area contributed by atoms with Crippen LogP contribution >= 0.6 is 0 Å². The number of allylic oxidation sites excluding steroid dienone is 4. The lowest BCUT2D eigenvalue weighted by Crippen LogP contribution is -2.02. The second-order valence-electron chi connectivity index (χ2n) is 6.23. The van der Waals surface area contributed by atoms with Crippen molar-refractivity contribution in [2.24, 2.45) is 5.41 Å². The van der Waals surface area contributed by atoms with Crippen LogP contribution in [-0.2, 0) is 0 Å². The highest BCUT2D eigenvalue weighted by atomic mass is 14.1. The van der Waals surface area contributed by atoms with E-state index in [4.69, 9.17) is 0 Å². The van der Waals surface area contributed by atoms with Crippen LogP contribution in [0.1, 0.15) is 74.1 Å². The van der Waals surface area contributed by atoms with Gasteiger partial charge in [-0.1, -0.05) is 50.5 Å². The fraction of sp³-hybridized carbons (Fsp3) is 0.750. The summed E-state index contributed by atoms with van der Waals surface area (Å²) >= 11 is 0. The molecule has 0 saturated heterocycles. The predicted octanol–water partition coefficient (Wildman–Crippen LogP) is 5.90. The van der Waals surface area contributed by atoms with Gasteiger partial charge in [0.25, 0.3) is 0 Å². The summed E-state index contributed by atoms with van der Waals surface area (Å²) in [7, 11) is 0. The summed E-state index contributed by atoms with van der Waals surface area (Å²) in [6, 6.07) is 0. The van der Waals surface area contributed by atoms with Crippen molar-refractivity contribution in [2.45, 2.75) is 74.1 Å². The lowest BCUT2D eigenvalue weighted by atomic mass is 9.90.